The fourth-order valence-corrected chi connectivity index (χ4v) is 4.79. The zero-order valence-electron chi connectivity index (χ0n) is 17.6. The predicted molar refractivity (Wildman–Crippen MR) is 112 cm³/mol. The first kappa shape index (κ1) is 21.5. The number of carbonyl (C=O) groups is 1. The van der Waals surface area contributed by atoms with Crippen LogP contribution in [0.15, 0.2) is 12.1 Å². The van der Waals surface area contributed by atoms with E-state index in [0.717, 1.165) is 73.9 Å². The Labute approximate surface area is 173 Å². The maximum atomic E-state index is 13.2. The smallest absolute Gasteiger partial charge is 0.228 e. The second kappa shape index (κ2) is 9.09. The van der Waals surface area contributed by atoms with Crippen molar-refractivity contribution in [3.05, 3.63) is 33.8 Å². The topological polar surface area (TPSA) is 48.1 Å². The SMILES string of the molecule is CNC1(N(C)C(=O)Cc2c(C)cc(Cl)cc2C)CCN(N2CCOCC2)CC1. The van der Waals surface area contributed by atoms with Gasteiger partial charge in [-0.2, -0.15) is 0 Å². The molecule has 6 nitrogen and oxygen atoms in total. The predicted octanol–water partition coefficient (Wildman–Crippen LogP) is 2.22. The van der Waals surface area contributed by atoms with Crippen molar-refractivity contribution in [2.75, 3.05) is 53.5 Å². The molecule has 0 aromatic heterocycles. The minimum absolute atomic E-state index is 0.141. The van der Waals surface area contributed by atoms with Gasteiger partial charge in [0.15, 0.2) is 0 Å². The Morgan fingerprint density at radius 2 is 1.68 bits per heavy atom. The first-order valence-electron chi connectivity index (χ1n) is 10.1. The number of amides is 1. The van der Waals surface area contributed by atoms with Gasteiger partial charge >= 0.3 is 0 Å². The van der Waals surface area contributed by atoms with Crippen LogP contribution in [0.1, 0.15) is 29.5 Å². The van der Waals surface area contributed by atoms with Crippen molar-refractivity contribution in [2.24, 2.45) is 0 Å². The zero-order chi connectivity index (χ0) is 20.3. The summed E-state index contributed by atoms with van der Waals surface area (Å²) in [4.78, 5) is 15.1. The lowest BCUT2D eigenvalue weighted by Crippen LogP contribution is -2.65. The van der Waals surface area contributed by atoms with E-state index in [9.17, 15) is 4.79 Å². The highest BCUT2D eigenvalue weighted by Gasteiger charge is 2.40. The summed E-state index contributed by atoms with van der Waals surface area (Å²) in [6, 6.07) is 3.87. The lowest BCUT2D eigenvalue weighted by Gasteiger charge is -2.50. The van der Waals surface area contributed by atoms with Crippen LogP contribution in [0.5, 0.6) is 0 Å². The minimum atomic E-state index is -0.298. The van der Waals surface area contributed by atoms with Gasteiger partial charge in [0.05, 0.1) is 25.3 Å². The number of likely N-dealkylation sites (N-methyl/N-ethyl adjacent to an activating group) is 1. The molecule has 2 aliphatic rings. The van der Waals surface area contributed by atoms with Gasteiger partial charge in [0, 0.05) is 38.2 Å². The molecule has 0 atom stereocenters. The van der Waals surface area contributed by atoms with Gasteiger partial charge in [-0.3, -0.25) is 10.1 Å². The van der Waals surface area contributed by atoms with Gasteiger partial charge in [0.1, 0.15) is 0 Å². The lowest BCUT2D eigenvalue weighted by atomic mass is 9.94. The molecule has 0 radical (unpaired) electrons. The molecule has 1 aromatic carbocycles. The zero-order valence-corrected chi connectivity index (χ0v) is 18.3. The Hall–Kier alpha value is -1.18. The summed E-state index contributed by atoms with van der Waals surface area (Å²) < 4.78 is 5.46. The molecule has 3 rings (SSSR count). The number of nitrogens with zero attached hydrogens (tertiary/aromatic N) is 3. The van der Waals surface area contributed by atoms with Gasteiger partial charge in [-0.1, -0.05) is 11.6 Å². The number of hydrogen-bond acceptors (Lipinski definition) is 5. The summed E-state index contributed by atoms with van der Waals surface area (Å²) in [6.45, 7) is 9.44. The first-order chi connectivity index (χ1) is 13.4. The van der Waals surface area contributed by atoms with E-state index in [0.29, 0.717) is 6.42 Å². The molecule has 2 aliphatic heterocycles. The maximum Gasteiger partial charge on any atom is 0.228 e. The number of carbonyl (C=O) groups excluding carboxylic acids is 1. The summed E-state index contributed by atoms with van der Waals surface area (Å²) in [5.74, 6) is 0.141. The van der Waals surface area contributed by atoms with E-state index >= 15 is 0 Å². The number of ether oxygens (including phenoxy) is 1. The third-order valence-electron chi connectivity index (χ3n) is 6.42. The Bertz CT molecular complexity index is 675. The molecule has 0 unspecified atom stereocenters. The molecular formula is C21H33ClN4O2. The monoisotopic (exact) mass is 408 g/mol. The number of halogens is 1. The second-order valence-corrected chi connectivity index (χ2v) is 8.39. The Morgan fingerprint density at radius 3 is 2.21 bits per heavy atom. The number of benzene rings is 1. The highest BCUT2D eigenvalue weighted by Crippen LogP contribution is 2.28. The van der Waals surface area contributed by atoms with Crippen molar-refractivity contribution in [3.63, 3.8) is 0 Å². The molecule has 0 saturated carbocycles. The van der Waals surface area contributed by atoms with Gasteiger partial charge in [-0.25, -0.2) is 10.0 Å². The minimum Gasteiger partial charge on any atom is -0.379 e. The maximum absolute atomic E-state index is 13.2. The molecule has 1 N–H and O–H groups in total. The molecule has 1 aromatic rings. The molecule has 1 amide bonds. The number of nitrogens with one attached hydrogen (secondary N) is 1. The van der Waals surface area contributed by atoms with Crippen molar-refractivity contribution in [1.29, 1.82) is 0 Å². The van der Waals surface area contributed by atoms with Gasteiger partial charge in [0.25, 0.3) is 0 Å². The normalized spacial score (nSPS) is 20.9. The van der Waals surface area contributed by atoms with Gasteiger partial charge < -0.3 is 9.64 Å². The summed E-state index contributed by atoms with van der Waals surface area (Å²) >= 11 is 6.14. The van der Waals surface area contributed by atoms with E-state index in [1.54, 1.807) is 0 Å². The van der Waals surface area contributed by atoms with E-state index in [4.69, 9.17) is 16.3 Å². The van der Waals surface area contributed by atoms with Crippen LogP contribution in [0.2, 0.25) is 5.02 Å². The third kappa shape index (κ3) is 4.52. The molecule has 2 fully saturated rings. The Kier molecular flexibility index (Phi) is 6.99. The van der Waals surface area contributed by atoms with Crippen molar-refractivity contribution >= 4 is 17.5 Å². The third-order valence-corrected chi connectivity index (χ3v) is 6.64. The second-order valence-electron chi connectivity index (χ2n) is 7.95. The quantitative estimate of drug-likeness (QED) is 0.757. The molecule has 7 heteroatoms. The van der Waals surface area contributed by atoms with Crippen LogP contribution in [-0.4, -0.2) is 80.0 Å². The highest BCUT2D eigenvalue weighted by molar-refractivity contribution is 6.30. The van der Waals surface area contributed by atoms with Crippen molar-refractivity contribution < 1.29 is 9.53 Å². The number of hydrogen-bond donors (Lipinski definition) is 1. The van der Waals surface area contributed by atoms with Crippen LogP contribution in [0.25, 0.3) is 0 Å². The number of piperidine rings is 1. The van der Waals surface area contributed by atoms with Crippen LogP contribution >= 0.6 is 11.6 Å². The number of aryl methyl sites for hydroxylation is 2. The van der Waals surface area contributed by atoms with Crippen LogP contribution in [0, 0.1) is 13.8 Å². The number of hydrazine groups is 1. The van der Waals surface area contributed by atoms with Crippen molar-refractivity contribution in [3.8, 4) is 0 Å². The van der Waals surface area contributed by atoms with E-state index in [2.05, 4.69) is 15.3 Å². The molecule has 156 valence electrons. The largest absolute Gasteiger partial charge is 0.379 e. The average molecular weight is 409 g/mol. The first-order valence-corrected chi connectivity index (χ1v) is 10.5. The van der Waals surface area contributed by atoms with Crippen molar-refractivity contribution in [1.82, 2.24) is 20.2 Å². The van der Waals surface area contributed by atoms with Crippen LogP contribution in [0.4, 0.5) is 0 Å². The Morgan fingerprint density at radius 1 is 1.14 bits per heavy atom. The standard InChI is InChI=1S/C21H33ClN4O2/c1-16-13-18(22)14-17(2)19(16)15-20(27)24(4)21(23-3)5-7-25(8-6-21)26-9-11-28-12-10-26/h13-14,23H,5-12,15H2,1-4H3. The van der Waals surface area contributed by atoms with Crippen molar-refractivity contribution in [2.45, 2.75) is 38.8 Å². The fraction of sp³-hybridized carbons (Fsp3) is 0.667. The fourth-order valence-electron chi connectivity index (χ4n) is 4.47. The summed E-state index contributed by atoms with van der Waals surface area (Å²) in [5.41, 5.74) is 2.94. The van der Waals surface area contributed by atoms with Crippen LogP contribution < -0.4 is 5.32 Å². The summed E-state index contributed by atoms with van der Waals surface area (Å²) in [5, 5.41) is 9.00. The van der Waals surface area contributed by atoms with Crippen LogP contribution in [-0.2, 0) is 16.0 Å². The van der Waals surface area contributed by atoms with Gasteiger partial charge in [-0.15, -0.1) is 0 Å². The molecule has 28 heavy (non-hydrogen) atoms. The molecule has 2 saturated heterocycles. The average Bonchev–Trinajstić information content (AvgIpc) is 2.70. The van der Waals surface area contributed by atoms with Gasteiger partial charge in [0.2, 0.25) is 5.91 Å². The van der Waals surface area contributed by atoms with E-state index in [1.807, 2.05) is 45.0 Å². The molecule has 2 heterocycles. The summed E-state index contributed by atoms with van der Waals surface area (Å²) in [7, 11) is 3.90. The van der Waals surface area contributed by atoms with E-state index in [1.165, 1.54) is 0 Å². The van der Waals surface area contributed by atoms with E-state index < -0.39 is 0 Å². The highest BCUT2D eigenvalue weighted by atomic mass is 35.5. The Balaban J connectivity index is 1.66. The van der Waals surface area contributed by atoms with Crippen LogP contribution in [0.3, 0.4) is 0 Å². The molecule has 0 bridgehead atoms. The molecular weight excluding hydrogens is 376 g/mol. The van der Waals surface area contributed by atoms with Gasteiger partial charge in [-0.05, 0) is 62.6 Å². The number of rotatable bonds is 5. The number of morpholine rings is 1. The molecule has 0 spiro atoms. The van der Waals surface area contributed by atoms with E-state index in [-0.39, 0.29) is 11.6 Å². The molecule has 0 aliphatic carbocycles. The summed E-state index contributed by atoms with van der Waals surface area (Å²) in [6.07, 6.45) is 2.21. The lowest BCUT2D eigenvalue weighted by molar-refractivity contribution is -0.147.